The molecular formula is C18H12Cl2O5S. The topological polar surface area (TPSA) is 77.5 Å². The van der Waals surface area contributed by atoms with Crippen molar-refractivity contribution in [2.24, 2.45) is 5.92 Å². The van der Waals surface area contributed by atoms with Crippen molar-refractivity contribution in [1.29, 1.82) is 0 Å². The van der Waals surface area contributed by atoms with Crippen LogP contribution in [0.5, 0.6) is 0 Å². The number of halogens is 2. The van der Waals surface area contributed by atoms with E-state index in [1.165, 1.54) is 30.3 Å². The van der Waals surface area contributed by atoms with Crippen molar-refractivity contribution in [3.8, 4) is 0 Å². The van der Waals surface area contributed by atoms with Crippen LogP contribution in [0.15, 0.2) is 52.3 Å². The van der Waals surface area contributed by atoms with Gasteiger partial charge in [-0.3, -0.25) is 4.79 Å². The molecule has 0 amide bonds. The van der Waals surface area contributed by atoms with Gasteiger partial charge in [-0.2, -0.15) is 0 Å². The number of rotatable bonds is 3. The Kier molecular flexibility index (Phi) is 3.91. The average Bonchev–Trinajstić information content (AvgIpc) is 3.24. The summed E-state index contributed by atoms with van der Waals surface area (Å²) in [6, 6.07) is 9.91. The lowest BCUT2D eigenvalue weighted by Crippen LogP contribution is -2.21. The van der Waals surface area contributed by atoms with Crippen LogP contribution in [0.2, 0.25) is 0 Å². The first kappa shape index (κ1) is 17.5. The Hall–Kier alpha value is -1.89. The van der Waals surface area contributed by atoms with Crippen LogP contribution in [0.25, 0.3) is 0 Å². The number of benzene rings is 2. The number of carbonyl (C=O) groups is 2. The summed E-state index contributed by atoms with van der Waals surface area (Å²) in [5.74, 6) is -1.22. The molecule has 1 heterocycles. The van der Waals surface area contributed by atoms with E-state index in [1.54, 1.807) is 12.1 Å². The predicted octanol–water partition coefficient (Wildman–Crippen LogP) is 3.41. The SMILES string of the molecule is O=C(OC[C@H]1CC1(Cl)Cl)c1ccc2c(c1)S(=O)(=O)c1ccccc1C2=O. The van der Waals surface area contributed by atoms with E-state index < -0.39 is 25.9 Å². The van der Waals surface area contributed by atoms with Crippen molar-refractivity contribution >= 4 is 44.8 Å². The predicted molar refractivity (Wildman–Crippen MR) is 94.6 cm³/mol. The third-order valence-corrected chi connectivity index (χ3v) is 7.32. The molecular weight excluding hydrogens is 399 g/mol. The number of ketones is 1. The van der Waals surface area contributed by atoms with Crippen LogP contribution in [-0.2, 0) is 14.6 Å². The number of esters is 1. The number of sulfone groups is 1. The second-order valence-corrected chi connectivity index (χ2v) is 9.73. The molecule has 1 atom stereocenters. The highest BCUT2D eigenvalue weighted by Gasteiger charge is 2.52. The van der Waals surface area contributed by atoms with Crippen LogP contribution in [0.4, 0.5) is 0 Å². The molecule has 2 aliphatic rings. The van der Waals surface area contributed by atoms with E-state index in [1.807, 2.05) is 0 Å². The molecule has 8 heteroatoms. The molecule has 2 aromatic rings. The number of fused-ring (bicyclic) bond motifs is 2. The molecule has 134 valence electrons. The zero-order valence-electron chi connectivity index (χ0n) is 13.2. The fourth-order valence-electron chi connectivity index (χ4n) is 2.92. The number of hydrogen-bond donors (Lipinski definition) is 0. The number of alkyl halides is 2. The lowest BCUT2D eigenvalue weighted by atomic mass is 10.0. The average molecular weight is 411 g/mol. The summed E-state index contributed by atoms with van der Waals surface area (Å²) in [6.45, 7) is 0.0530. The molecule has 1 fully saturated rings. The summed E-state index contributed by atoms with van der Waals surface area (Å²) in [5.41, 5.74) is 0.225. The van der Waals surface area contributed by atoms with E-state index in [0.29, 0.717) is 6.42 Å². The third kappa shape index (κ3) is 2.73. The molecule has 0 bridgehead atoms. The molecule has 0 radical (unpaired) electrons. The number of hydrogen-bond acceptors (Lipinski definition) is 5. The van der Waals surface area contributed by atoms with Crippen LogP contribution in [-0.4, -0.2) is 31.1 Å². The molecule has 2 aromatic carbocycles. The fraction of sp³-hybridized carbons (Fsp3) is 0.222. The summed E-state index contributed by atoms with van der Waals surface area (Å²) >= 11 is 11.8. The highest BCUT2D eigenvalue weighted by molar-refractivity contribution is 7.91. The van der Waals surface area contributed by atoms with E-state index in [4.69, 9.17) is 27.9 Å². The first-order valence-corrected chi connectivity index (χ1v) is 10.0. The first-order chi connectivity index (χ1) is 12.2. The van der Waals surface area contributed by atoms with Crippen molar-refractivity contribution in [3.63, 3.8) is 0 Å². The lowest BCUT2D eigenvalue weighted by molar-refractivity contribution is 0.0484. The summed E-state index contributed by atoms with van der Waals surface area (Å²) in [5, 5.41) is 0. The van der Waals surface area contributed by atoms with E-state index in [2.05, 4.69) is 0 Å². The molecule has 1 aliphatic heterocycles. The summed E-state index contributed by atoms with van der Waals surface area (Å²) in [4.78, 5) is 24.5. The van der Waals surface area contributed by atoms with Gasteiger partial charge in [-0.1, -0.05) is 12.1 Å². The van der Waals surface area contributed by atoms with Gasteiger partial charge in [-0.05, 0) is 36.8 Å². The van der Waals surface area contributed by atoms with Gasteiger partial charge < -0.3 is 4.74 Å². The van der Waals surface area contributed by atoms with Crippen molar-refractivity contribution in [3.05, 3.63) is 59.2 Å². The minimum Gasteiger partial charge on any atom is -0.462 e. The molecule has 4 rings (SSSR count). The summed E-state index contributed by atoms with van der Waals surface area (Å²) in [6.07, 6.45) is 0.535. The lowest BCUT2D eigenvalue weighted by Gasteiger charge is -2.19. The Bertz CT molecular complexity index is 1060. The molecule has 0 saturated heterocycles. The van der Waals surface area contributed by atoms with E-state index >= 15 is 0 Å². The zero-order chi connectivity index (χ0) is 18.7. The normalized spacial score (nSPS) is 21.5. The van der Waals surface area contributed by atoms with Gasteiger partial charge >= 0.3 is 5.97 Å². The van der Waals surface area contributed by atoms with Gasteiger partial charge in [0.1, 0.15) is 4.33 Å². The van der Waals surface area contributed by atoms with Crippen LogP contribution < -0.4 is 0 Å². The van der Waals surface area contributed by atoms with E-state index in [-0.39, 0.29) is 39.0 Å². The minimum absolute atomic E-state index is 0.0444. The molecule has 1 aliphatic carbocycles. The van der Waals surface area contributed by atoms with Gasteiger partial charge in [0.15, 0.2) is 5.78 Å². The Morgan fingerprint density at radius 1 is 1.12 bits per heavy atom. The van der Waals surface area contributed by atoms with Crippen LogP contribution in [0, 0.1) is 5.92 Å². The van der Waals surface area contributed by atoms with Gasteiger partial charge in [0.25, 0.3) is 0 Å². The number of ether oxygens (including phenoxy) is 1. The summed E-state index contributed by atoms with van der Waals surface area (Å²) in [7, 11) is -3.90. The first-order valence-electron chi connectivity index (χ1n) is 7.79. The molecule has 26 heavy (non-hydrogen) atoms. The highest BCUT2D eigenvalue weighted by atomic mass is 35.5. The largest absolute Gasteiger partial charge is 0.462 e. The Labute approximate surface area is 159 Å². The second kappa shape index (κ2) is 5.81. The van der Waals surface area contributed by atoms with Crippen molar-refractivity contribution < 1.29 is 22.7 Å². The maximum absolute atomic E-state index is 12.8. The zero-order valence-corrected chi connectivity index (χ0v) is 15.6. The van der Waals surface area contributed by atoms with Crippen LogP contribution in [0.3, 0.4) is 0 Å². The van der Waals surface area contributed by atoms with Gasteiger partial charge in [-0.25, -0.2) is 13.2 Å². The second-order valence-electron chi connectivity index (χ2n) is 6.30. The Morgan fingerprint density at radius 3 is 2.46 bits per heavy atom. The molecule has 0 unspecified atom stereocenters. The monoisotopic (exact) mass is 410 g/mol. The maximum Gasteiger partial charge on any atom is 0.338 e. The molecule has 0 spiro atoms. The Morgan fingerprint density at radius 2 is 1.77 bits per heavy atom. The van der Waals surface area contributed by atoms with Crippen molar-refractivity contribution in [1.82, 2.24) is 0 Å². The number of carbonyl (C=O) groups excluding carboxylic acids is 2. The molecule has 5 nitrogen and oxygen atoms in total. The van der Waals surface area contributed by atoms with Gasteiger partial charge in [0.2, 0.25) is 9.84 Å². The summed E-state index contributed by atoms with van der Waals surface area (Å²) < 4.78 is 30.0. The third-order valence-electron chi connectivity index (χ3n) is 4.54. The standard InChI is InChI=1S/C18H12Cl2O5S/c19-18(20)8-11(18)9-25-17(22)10-5-6-13-15(7-10)26(23,24)14-4-2-1-3-12(14)16(13)21/h1-7,11H,8-9H2/t11-/m1/s1. The Balaban J connectivity index is 1.67. The smallest absolute Gasteiger partial charge is 0.338 e. The molecule has 0 N–H and O–H groups in total. The van der Waals surface area contributed by atoms with Gasteiger partial charge in [0, 0.05) is 17.0 Å². The van der Waals surface area contributed by atoms with Gasteiger partial charge in [0.05, 0.1) is 22.0 Å². The minimum atomic E-state index is -3.90. The fourth-order valence-corrected chi connectivity index (χ4v) is 5.10. The van der Waals surface area contributed by atoms with E-state index in [0.717, 1.165) is 0 Å². The highest BCUT2D eigenvalue weighted by Crippen LogP contribution is 2.53. The van der Waals surface area contributed by atoms with Crippen molar-refractivity contribution in [2.75, 3.05) is 6.61 Å². The quantitative estimate of drug-likeness (QED) is 0.488. The van der Waals surface area contributed by atoms with Crippen molar-refractivity contribution in [2.45, 2.75) is 20.5 Å². The van der Waals surface area contributed by atoms with Gasteiger partial charge in [-0.15, -0.1) is 23.2 Å². The maximum atomic E-state index is 12.8. The van der Waals surface area contributed by atoms with Crippen LogP contribution >= 0.6 is 23.2 Å². The van der Waals surface area contributed by atoms with E-state index in [9.17, 15) is 18.0 Å². The molecule has 1 saturated carbocycles. The molecule has 0 aromatic heterocycles. The van der Waals surface area contributed by atoms with Crippen LogP contribution in [0.1, 0.15) is 32.7 Å².